The molecule has 0 spiro atoms. The first-order chi connectivity index (χ1) is 19.4. The number of fused-ring (bicyclic) bond motifs is 5. The van der Waals surface area contributed by atoms with E-state index in [-0.39, 0.29) is 47.8 Å². The number of carbonyl (C=O) groups is 1. The van der Waals surface area contributed by atoms with Gasteiger partial charge < -0.3 is 41.7 Å². The van der Waals surface area contributed by atoms with E-state index in [0.29, 0.717) is 47.9 Å². The maximum atomic E-state index is 12.8. The smallest absolute Gasteiger partial charge is 0.407 e. The highest BCUT2D eigenvalue weighted by molar-refractivity contribution is 5.67. The number of nitrogens with one attached hydrogen (secondary N) is 1. The second-order valence-corrected chi connectivity index (χ2v) is 15.8. The van der Waals surface area contributed by atoms with Gasteiger partial charge in [-0.2, -0.15) is 0 Å². The minimum absolute atomic E-state index is 0. The molecule has 0 saturated heterocycles. The van der Waals surface area contributed by atoms with Gasteiger partial charge in [-0.15, -0.1) is 0 Å². The average molecular weight is 656 g/mol. The number of halogens is 1. The molecule has 42 heavy (non-hydrogen) atoms. The summed E-state index contributed by atoms with van der Waals surface area (Å²) in [4.78, 5) is 12.8. The van der Waals surface area contributed by atoms with Gasteiger partial charge in [0, 0.05) is 6.42 Å². The van der Waals surface area contributed by atoms with Crippen molar-refractivity contribution < 1.29 is 41.2 Å². The van der Waals surface area contributed by atoms with Gasteiger partial charge in [-0.1, -0.05) is 72.0 Å². The van der Waals surface area contributed by atoms with E-state index < -0.39 is 0 Å². The third kappa shape index (κ3) is 7.95. The second-order valence-electron chi connectivity index (χ2n) is 15.8. The standard InChI is InChI=1S/C35H62N2O4.BrH/c1-25(2)9-7-10-26(3)29-24-27-23-28(41-33(40)36-17-18-37(6,19-21-38)20-22-39)12-16-35(27,5)31-13-15-34(4)14-8-11-30(34)32(29)31;/h24-26,28-32,38-39H,7-23H2,1-6H3;1H/t26-,28+,29?,30+,31+,32+,34-,35+;/m1./s1. The number of allylic oxidation sites excluding steroid dienone is 1. The van der Waals surface area contributed by atoms with Gasteiger partial charge in [0.15, 0.2) is 0 Å². The van der Waals surface area contributed by atoms with Crippen molar-refractivity contribution in [1.82, 2.24) is 5.32 Å². The van der Waals surface area contributed by atoms with Crippen LogP contribution in [-0.2, 0) is 4.74 Å². The van der Waals surface area contributed by atoms with Crippen LogP contribution < -0.4 is 22.3 Å². The second kappa shape index (κ2) is 15.1. The van der Waals surface area contributed by atoms with Crippen LogP contribution >= 0.6 is 0 Å². The quantitative estimate of drug-likeness (QED) is 0.210. The molecule has 0 aromatic heterocycles. The highest BCUT2D eigenvalue weighted by Gasteiger charge is 2.59. The molecule has 0 heterocycles. The zero-order chi connectivity index (χ0) is 29.8. The average Bonchev–Trinajstić information content (AvgIpc) is 3.30. The van der Waals surface area contributed by atoms with E-state index in [1.165, 1.54) is 51.4 Å². The van der Waals surface area contributed by atoms with Crippen molar-refractivity contribution >= 4 is 6.09 Å². The third-order valence-corrected chi connectivity index (χ3v) is 12.5. The lowest BCUT2D eigenvalue weighted by Gasteiger charge is -2.60. The number of quaternary nitrogens is 1. The Balaban J connectivity index is 0.00000484. The van der Waals surface area contributed by atoms with Crippen molar-refractivity contribution in [3.63, 3.8) is 0 Å². The number of aliphatic hydroxyl groups is 2. The largest absolute Gasteiger partial charge is 1.00 e. The number of alkyl carbamates (subject to hydrolysis) is 1. The summed E-state index contributed by atoms with van der Waals surface area (Å²) in [5.41, 5.74) is 2.37. The first kappa shape index (κ1) is 35.8. The van der Waals surface area contributed by atoms with E-state index in [0.717, 1.165) is 42.9 Å². The molecule has 0 aromatic carbocycles. The predicted octanol–water partition coefficient (Wildman–Crippen LogP) is 3.56. The number of hydrogen-bond donors (Lipinski definition) is 3. The van der Waals surface area contributed by atoms with E-state index in [2.05, 4.69) is 46.0 Å². The summed E-state index contributed by atoms with van der Waals surface area (Å²) in [7, 11) is 2.00. The van der Waals surface area contributed by atoms with E-state index >= 15 is 0 Å². The number of rotatable bonds is 13. The summed E-state index contributed by atoms with van der Waals surface area (Å²) in [6.07, 6.45) is 16.3. The van der Waals surface area contributed by atoms with Gasteiger partial charge in [0.2, 0.25) is 0 Å². The van der Waals surface area contributed by atoms with Gasteiger partial charge in [0.25, 0.3) is 0 Å². The molecule has 7 heteroatoms. The minimum atomic E-state index is -0.328. The van der Waals surface area contributed by atoms with Gasteiger partial charge in [0.1, 0.15) is 19.2 Å². The van der Waals surface area contributed by atoms with E-state index in [4.69, 9.17) is 4.74 Å². The summed E-state index contributed by atoms with van der Waals surface area (Å²) in [6.45, 7) is 14.8. The Kier molecular flexibility index (Phi) is 12.9. The van der Waals surface area contributed by atoms with Crippen molar-refractivity contribution in [2.75, 3.05) is 46.4 Å². The number of amides is 1. The van der Waals surface area contributed by atoms with E-state index in [9.17, 15) is 15.0 Å². The van der Waals surface area contributed by atoms with Crippen molar-refractivity contribution in [2.24, 2.45) is 46.3 Å². The lowest BCUT2D eigenvalue weighted by atomic mass is 9.45. The normalized spacial score (nSPS) is 34.9. The summed E-state index contributed by atoms with van der Waals surface area (Å²) in [5.74, 6) is 4.57. The number of carbonyl (C=O) groups excluding carboxylic acids is 1. The first-order valence-electron chi connectivity index (χ1n) is 17.2. The van der Waals surface area contributed by atoms with Crippen LogP contribution in [0.2, 0.25) is 0 Å². The van der Waals surface area contributed by atoms with Crippen LogP contribution in [0.1, 0.15) is 105 Å². The van der Waals surface area contributed by atoms with Crippen LogP contribution in [0.15, 0.2) is 11.6 Å². The first-order valence-corrected chi connectivity index (χ1v) is 17.2. The SMILES string of the molecule is CC(C)CCC[C@@H](C)C1C=C2C[C@@H](OC(=O)NCC[N+](C)(CCO)CCO)CC[C@]2(C)[C@H]2CC[C@@]3(C)CCC[C@H]3[C@H]12.[Br-]. The molecule has 0 radical (unpaired) electrons. The van der Waals surface area contributed by atoms with Crippen LogP contribution in [0.5, 0.6) is 0 Å². The highest BCUT2D eigenvalue weighted by atomic mass is 79.9. The lowest BCUT2D eigenvalue weighted by molar-refractivity contribution is -0.908. The van der Waals surface area contributed by atoms with Crippen molar-refractivity contribution in [3.8, 4) is 0 Å². The van der Waals surface area contributed by atoms with E-state index in [1.54, 1.807) is 5.57 Å². The zero-order valence-corrected chi connectivity index (χ0v) is 29.3. The van der Waals surface area contributed by atoms with Crippen LogP contribution in [0.25, 0.3) is 0 Å². The zero-order valence-electron chi connectivity index (χ0n) is 27.7. The molecule has 1 unspecified atom stereocenters. The molecule has 0 aliphatic heterocycles. The Hall–Kier alpha value is -0.630. The minimum Gasteiger partial charge on any atom is -1.00 e. The van der Waals surface area contributed by atoms with Crippen molar-refractivity contribution in [1.29, 1.82) is 0 Å². The third-order valence-electron chi connectivity index (χ3n) is 12.5. The molecule has 1 amide bonds. The number of aliphatic hydroxyl groups excluding tert-OH is 2. The Morgan fingerprint density at radius 1 is 1.02 bits per heavy atom. The fraction of sp³-hybridized carbons (Fsp3) is 0.914. The summed E-state index contributed by atoms with van der Waals surface area (Å²) in [5, 5.41) is 21.8. The molecule has 4 rings (SSSR count). The van der Waals surface area contributed by atoms with Crippen LogP contribution in [-0.4, -0.2) is 73.3 Å². The van der Waals surface area contributed by atoms with E-state index in [1.807, 2.05) is 7.05 Å². The molecular formula is C35H63BrN2O4. The molecule has 4 aliphatic rings. The van der Waals surface area contributed by atoms with Crippen molar-refractivity contribution in [2.45, 2.75) is 111 Å². The number of hydrogen-bond acceptors (Lipinski definition) is 4. The van der Waals surface area contributed by atoms with Crippen LogP contribution in [0, 0.1) is 46.3 Å². The number of ether oxygens (including phenoxy) is 1. The topological polar surface area (TPSA) is 78.8 Å². The molecular weight excluding hydrogens is 592 g/mol. The fourth-order valence-electron chi connectivity index (χ4n) is 9.82. The molecule has 3 N–H and O–H groups in total. The van der Waals surface area contributed by atoms with Gasteiger partial charge in [-0.25, -0.2) is 4.79 Å². The number of nitrogens with zero attached hydrogens (tertiary/aromatic N) is 1. The fourth-order valence-corrected chi connectivity index (χ4v) is 9.82. The Morgan fingerprint density at radius 2 is 1.74 bits per heavy atom. The monoisotopic (exact) mass is 654 g/mol. The lowest BCUT2D eigenvalue weighted by Crippen LogP contribution is -3.00. The Morgan fingerprint density at radius 3 is 2.40 bits per heavy atom. The van der Waals surface area contributed by atoms with Crippen LogP contribution in [0.4, 0.5) is 4.79 Å². The predicted molar refractivity (Wildman–Crippen MR) is 166 cm³/mol. The maximum absolute atomic E-state index is 12.8. The molecule has 0 bridgehead atoms. The maximum Gasteiger partial charge on any atom is 0.407 e. The Bertz CT molecular complexity index is 905. The Labute approximate surface area is 267 Å². The summed E-state index contributed by atoms with van der Waals surface area (Å²) >= 11 is 0. The molecule has 8 atom stereocenters. The van der Waals surface area contributed by atoms with Crippen molar-refractivity contribution in [3.05, 3.63) is 11.6 Å². The molecule has 3 saturated carbocycles. The molecule has 4 aliphatic carbocycles. The van der Waals surface area contributed by atoms with Gasteiger partial charge in [-0.05, 0) is 84.9 Å². The van der Waals surface area contributed by atoms with Gasteiger partial charge in [0.05, 0.1) is 33.4 Å². The molecule has 6 nitrogen and oxygen atoms in total. The number of likely N-dealkylation sites (N-methyl/N-ethyl adjacent to an activating group) is 1. The molecule has 3 fully saturated rings. The van der Waals surface area contributed by atoms with Gasteiger partial charge in [-0.3, -0.25) is 0 Å². The molecule has 0 aromatic rings. The highest BCUT2D eigenvalue weighted by Crippen LogP contribution is 2.67. The van der Waals surface area contributed by atoms with Crippen LogP contribution in [0.3, 0.4) is 0 Å². The summed E-state index contributed by atoms with van der Waals surface area (Å²) in [6, 6.07) is 0. The van der Waals surface area contributed by atoms with Gasteiger partial charge >= 0.3 is 6.09 Å². The summed E-state index contributed by atoms with van der Waals surface area (Å²) < 4.78 is 6.56. The molecule has 244 valence electrons.